The molecule has 0 unspecified atom stereocenters. The van der Waals surface area contributed by atoms with Gasteiger partial charge in [-0.2, -0.15) is 13.2 Å². The maximum Gasteiger partial charge on any atom is 0.416 e. The van der Waals surface area contributed by atoms with Gasteiger partial charge in [0.2, 0.25) is 5.91 Å². The summed E-state index contributed by atoms with van der Waals surface area (Å²) in [5.41, 5.74) is 6.35. The van der Waals surface area contributed by atoms with Crippen LogP contribution in [0.4, 0.5) is 18.9 Å². The maximum atomic E-state index is 12.5. The zero-order chi connectivity index (χ0) is 18.4. The molecular weight excluding hydrogens is 351 g/mol. The summed E-state index contributed by atoms with van der Waals surface area (Å²) in [6.07, 6.45) is -3.80. The van der Waals surface area contributed by atoms with Gasteiger partial charge in [0.25, 0.3) is 0 Å². The molecule has 2 rings (SSSR count). The number of carbonyl (C=O) groups excluding carboxylic acids is 1. The monoisotopic (exact) mass is 367 g/mol. The van der Waals surface area contributed by atoms with Crippen molar-refractivity contribution in [2.75, 3.05) is 11.9 Å². The molecule has 0 spiro atoms. The van der Waals surface area contributed by atoms with Crippen LogP contribution >= 0.6 is 12.2 Å². The third-order valence-electron chi connectivity index (χ3n) is 3.41. The van der Waals surface area contributed by atoms with Crippen molar-refractivity contribution in [3.8, 4) is 0 Å². The predicted octanol–water partition coefficient (Wildman–Crippen LogP) is 3.33. The third-order valence-corrected chi connectivity index (χ3v) is 3.65. The Hall–Kier alpha value is -2.61. The van der Waals surface area contributed by atoms with Crippen LogP contribution in [0.2, 0.25) is 0 Å². The molecule has 2 aromatic rings. The molecule has 132 valence electrons. The van der Waals surface area contributed by atoms with Crippen LogP contribution in [0.1, 0.15) is 21.5 Å². The fourth-order valence-electron chi connectivity index (χ4n) is 2.07. The Bertz CT molecular complexity index is 743. The molecule has 0 saturated carbocycles. The van der Waals surface area contributed by atoms with E-state index in [0.29, 0.717) is 29.3 Å². The molecule has 0 aliphatic carbocycles. The molecule has 0 saturated heterocycles. The van der Waals surface area contributed by atoms with Crippen molar-refractivity contribution in [2.24, 2.45) is 5.73 Å². The number of rotatable bonds is 5. The minimum absolute atomic E-state index is 0.374. The van der Waals surface area contributed by atoms with Gasteiger partial charge in [-0.1, -0.05) is 12.1 Å². The van der Waals surface area contributed by atoms with Gasteiger partial charge in [0, 0.05) is 17.8 Å². The number of halogens is 3. The number of carbonyl (C=O) groups is 1. The lowest BCUT2D eigenvalue weighted by molar-refractivity contribution is -0.137. The van der Waals surface area contributed by atoms with Gasteiger partial charge in [0.1, 0.15) is 0 Å². The van der Waals surface area contributed by atoms with E-state index >= 15 is 0 Å². The smallest absolute Gasteiger partial charge is 0.366 e. The molecule has 1 amide bonds. The zero-order valence-electron chi connectivity index (χ0n) is 13.1. The van der Waals surface area contributed by atoms with Crippen LogP contribution in [0.15, 0.2) is 48.5 Å². The molecule has 4 N–H and O–H groups in total. The number of primary amides is 1. The number of nitrogens with one attached hydrogen (secondary N) is 2. The van der Waals surface area contributed by atoms with E-state index in [1.807, 2.05) is 0 Å². The second-order valence-corrected chi connectivity index (χ2v) is 5.68. The first-order chi connectivity index (χ1) is 11.8. The van der Waals surface area contributed by atoms with E-state index in [2.05, 4.69) is 10.6 Å². The van der Waals surface area contributed by atoms with E-state index in [0.717, 1.165) is 17.7 Å². The van der Waals surface area contributed by atoms with E-state index in [9.17, 15) is 18.0 Å². The fraction of sp³-hybridized carbons (Fsp3) is 0.176. The Labute approximate surface area is 148 Å². The molecule has 0 aliphatic heterocycles. The van der Waals surface area contributed by atoms with Crippen LogP contribution in [-0.4, -0.2) is 17.6 Å². The van der Waals surface area contributed by atoms with Crippen LogP contribution < -0.4 is 16.4 Å². The molecule has 25 heavy (non-hydrogen) atoms. The van der Waals surface area contributed by atoms with E-state index < -0.39 is 17.6 Å². The molecule has 2 aromatic carbocycles. The summed E-state index contributed by atoms with van der Waals surface area (Å²) >= 11 is 5.14. The summed E-state index contributed by atoms with van der Waals surface area (Å²) in [4.78, 5) is 11.0. The number of nitrogens with two attached hydrogens (primary N) is 1. The van der Waals surface area contributed by atoms with Crippen LogP contribution in [0.5, 0.6) is 0 Å². The number of thiocarbonyl (C=S) groups is 1. The number of hydrogen-bond acceptors (Lipinski definition) is 2. The van der Waals surface area contributed by atoms with Gasteiger partial charge >= 0.3 is 6.18 Å². The van der Waals surface area contributed by atoms with Crippen molar-refractivity contribution in [3.05, 3.63) is 65.2 Å². The highest BCUT2D eigenvalue weighted by Crippen LogP contribution is 2.29. The van der Waals surface area contributed by atoms with Crippen molar-refractivity contribution >= 4 is 28.9 Å². The summed E-state index contributed by atoms with van der Waals surface area (Å²) in [5.74, 6) is -0.510. The molecule has 0 aromatic heterocycles. The summed E-state index contributed by atoms with van der Waals surface area (Å²) in [6, 6.07) is 11.5. The van der Waals surface area contributed by atoms with Crippen LogP contribution in [-0.2, 0) is 12.6 Å². The van der Waals surface area contributed by atoms with Crippen LogP contribution in [0, 0.1) is 0 Å². The maximum absolute atomic E-state index is 12.5. The quantitative estimate of drug-likeness (QED) is 0.709. The van der Waals surface area contributed by atoms with E-state index in [4.69, 9.17) is 18.0 Å². The predicted molar refractivity (Wildman–Crippen MR) is 94.3 cm³/mol. The highest BCUT2D eigenvalue weighted by Gasteiger charge is 2.29. The molecule has 0 aliphatic rings. The Balaban J connectivity index is 1.79. The van der Waals surface area contributed by atoms with Gasteiger partial charge in [-0.05, 0) is 60.6 Å². The fourth-order valence-corrected chi connectivity index (χ4v) is 2.29. The Kier molecular flexibility index (Phi) is 5.97. The minimum atomic E-state index is -4.33. The summed E-state index contributed by atoms with van der Waals surface area (Å²) in [7, 11) is 0. The number of hydrogen-bond donors (Lipinski definition) is 3. The van der Waals surface area contributed by atoms with E-state index in [1.165, 1.54) is 12.1 Å². The molecule has 8 heteroatoms. The van der Waals surface area contributed by atoms with Gasteiger partial charge in [-0.25, -0.2) is 0 Å². The molecule has 0 heterocycles. The standard InChI is InChI=1S/C17H16F3N3OS/c18-17(19,20)13-5-1-11(2-6-13)9-10-22-16(25)23-14-7-3-12(4-8-14)15(21)24/h1-8H,9-10H2,(H2,21,24)(H2,22,23,25). The molecule has 4 nitrogen and oxygen atoms in total. The summed E-state index contributed by atoms with van der Waals surface area (Å²) < 4.78 is 37.5. The van der Waals surface area contributed by atoms with Gasteiger partial charge in [0.05, 0.1) is 5.56 Å². The average Bonchev–Trinajstić information content (AvgIpc) is 2.55. The van der Waals surface area contributed by atoms with Crippen molar-refractivity contribution in [2.45, 2.75) is 12.6 Å². The van der Waals surface area contributed by atoms with Gasteiger partial charge in [-0.15, -0.1) is 0 Å². The van der Waals surface area contributed by atoms with Crippen molar-refractivity contribution < 1.29 is 18.0 Å². The molecule has 0 bridgehead atoms. The highest BCUT2D eigenvalue weighted by molar-refractivity contribution is 7.80. The first-order valence-electron chi connectivity index (χ1n) is 7.36. The lowest BCUT2D eigenvalue weighted by atomic mass is 10.1. The summed E-state index contributed by atoms with van der Waals surface area (Å²) in [6.45, 7) is 0.469. The second-order valence-electron chi connectivity index (χ2n) is 5.27. The first kappa shape index (κ1) is 18.7. The van der Waals surface area contributed by atoms with Crippen molar-refractivity contribution in [1.82, 2.24) is 5.32 Å². The average molecular weight is 367 g/mol. The van der Waals surface area contributed by atoms with Gasteiger partial charge in [-0.3, -0.25) is 4.79 Å². The molecule has 0 atom stereocenters. The van der Waals surface area contributed by atoms with E-state index in [1.54, 1.807) is 24.3 Å². The first-order valence-corrected chi connectivity index (χ1v) is 7.77. The van der Waals surface area contributed by atoms with Crippen LogP contribution in [0.3, 0.4) is 0 Å². The lowest BCUT2D eigenvalue weighted by Gasteiger charge is -2.11. The summed E-state index contributed by atoms with van der Waals surface area (Å²) in [5, 5.41) is 6.28. The molecular formula is C17H16F3N3OS. The third kappa shape index (κ3) is 5.75. The Morgan fingerprint density at radius 2 is 1.64 bits per heavy atom. The number of benzene rings is 2. The lowest BCUT2D eigenvalue weighted by Crippen LogP contribution is -2.30. The van der Waals surface area contributed by atoms with E-state index in [-0.39, 0.29) is 0 Å². The van der Waals surface area contributed by atoms with Crippen molar-refractivity contribution in [1.29, 1.82) is 0 Å². The normalized spacial score (nSPS) is 11.0. The molecule has 0 fully saturated rings. The zero-order valence-corrected chi connectivity index (χ0v) is 13.9. The van der Waals surface area contributed by atoms with Crippen molar-refractivity contribution in [3.63, 3.8) is 0 Å². The van der Waals surface area contributed by atoms with Gasteiger partial charge < -0.3 is 16.4 Å². The Morgan fingerprint density at radius 1 is 1.04 bits per heavy atom. The topological polar surface area (TPSA) is 67.2 Å². The highest BCUT2D eigenvalue weighted by atomic mass is 32.1. The van der Waals surface area contributed by atoms with Gasteiger partial charge in [0.15, 0.2) is 5.11 Å². The molecule has 0 radical (unpaired) electrons. The number of alkyl halides is 3. The van der Waals surface area contributed by atoms with Crippen LogP contribution in [0.25, 0.3) is 0 Å². The largest absolute Gasteiger partial charge is 0.416 e. The number of anilines is 1. The minimum Gasteiger partial charge on any atom is -0.366 e. The Morgan fingerprint density at radius 3 is 2.16 bits per heavy atom. The number of amides is 1. The SMILES string of the molecule is NC(=O)c1ccc(NC(=S)NCCc2ccc(C(F)(F)F)cc2)cc1. The second kappa shape index (κ2) is 7.98.